The Balaban J connectivity index is 1.99. The molecule has 3 aromatic heterocycles. The molecule has 0 amide bonds. The quantitative estimate of drug-likeness (QED) is 0.680. The molecule has 5 heteroatoms. The molecule has 1 aliphatic rings. The smallest absolute Gasteiger partial charge is 0.163 e. The molecule has 1 fully saturated rings. The highest BCUT2D eigenvalue weighted by molar-refractivity contribution is 7.99. The van der Waals surface area contributed by atoms with Crippen molar-refractivity contribution in [3.05, 3.63) is 36.7 Å². The number of hydrogen-bond acceptors (Lipinski definition) is 4. The molecule has 1 saturated heterocycles. The molecule has 0 atom stereocenters. The highest BCUT2D eigenvalue weighted by Gasteiger charge is 2.17. The molecular formula is C14H14N4S. The Labute approximate surface area is 115 Å². The molecular weight excluding hydrogens is 256 g/mol. The minimum Gasteiger partial charge on any atom is -0.353 e. The van der Waals surface area contributed by atoms with Crippen molar-refractivity contribution in [3.8, 4) is 0 Å². The van der Waals surface area contributed by atoms with E-state index in [1.165, 1.54) is 11.5 Å². The number of hydrogen-bond donors (Lipinski definition) is 0. The summed E-state index contributed by atoms with van der Waals surface area (Å²) in [6.07, 6.45) is 3.88. The van der Waals surface area contributed by atoms with Gasteiger partial charge in [-0.25, -0.2) is 9.97 Å². The van der Waals surface area contributed by atoms with Crippen molar-refractivity contribution in [1.29, 1.82) is 0 Å². The maximum absolute atomic E-state index is 4.83. The average Bonchev–Trinajstić information content (AvgIpc) is 2.97. The summed E-state index contributed by atoms with van der Waals surface area (Å²) in [5.74, 6) is 3.45. The van der Waals surface area contributed by atoms with Crippen LogP contribution in [0.15, 0.2) is 36.7 Å². The van der Waals surface area contributed by atoms with E-state index in [4.69, 9.17) is 4.98 Å². The minimum atomic E-state index is 0.928. The van der Waals surface area contributed by atoms with Crippen molar-refractivity contribution in [3.63, 3.8) is 0 Å². The first-order valence-electron chi connectivity index (χ1n) is 6.48. The average molecular weight is 270 g/mol. The molecule has 4 rings (SSSR count). The molecule has 0 bridgehead atoms. The zero-order chi connectivity index (χ0) is 12.7. The van der Waals surface area contributed by atoms with Crippen LogP contribution in [0.5, 0.6) is 0 Å². The Hall–Kier alpha value is -1.75. The van der Waals surface area contributed by atoms with Crippen LogP contribution in [0.1, 0.15) is 0 Å². The summed E-state index contributed by atoms with van der Waals surface area (Å²) in [5.41, 5.74) is 3.04. The van der Waals surface area contributed by atoms with Crippen molar-refractivity contribution in [2.24, 2.45) is 0 Å². The van der Waals surface area contributed by atoms with Gasteiger partial charge in [-0.3, -0.25) is 4.40 Å². The first-order chi connectivity index (χ1) is 9.43. The molecule has 0 aliphatic carbocycles. The maximum Gasteiger partial charge on any atom is 0.163 e. The normalized spacial score (nSPS) is 16.3. The number of pyridine rings is 1. The van der Waals surface area contributed by atoms with Crippen molar-refractivity contribution in [1.82, 2.24) is 14.4 Å². The Bertz CT molecular complexity index is 730. The summed E-state index contributed by atoms with van der Waals surface area (Å²) in [7, 11) is 0. The first kappa shape index (κ1) is 11.1. The Morgan fingerprint density at radius 2 is 2.00 bits per heavy atom. The fourth-order valence-corrected chi connectivity index (χ4v) is 3.49. The Kier molecular flexibility index (Phi) is 2.58. The second-order valence-electron chi connectivity index (χ2n) is 4.64. The lowest BCUT2D eigenvalue weighted by Crippen LogP contribution is -2.33. The fraction of sp³-hybridized carbons (Fsp3) is 0.286. The van der Waals surface area contributed by atoms with Gasteiger partial charge in [0.2, 0.25) is 0 Å². The van der Waals surface area contributed by atoms with Crippen LogP contribution in [0.25, 0.3) is 16.7 Å². The highest BCUT2D eigenvalue weighted by Crippen LogP contribution is 2.26. The van der Waals surface area contributed by atoms with Gasteiger partial charge in [-0.15, -0.1) is 0 Å². The first-order valence-corrected chi connectivity index (χ1v) is 7.63. The zero-order valence-electron chi connectivity index (χ0n) is 10.5. The van der Waals surface area contributed by atoms with Gasteiger partial charge >= 0.3 is 0 Å². The fourth-order valence-electron chi connectivity index (χ4n) is 2.59. The molecule has 0 aromatic carbocycles. The number of aromatic nitrogens is 3. The topological polar surface area (TPSA) is 33.4 Å². The molecule has 4 heterocycles. The predicted molar refractivity (Wildman–Crippen MR) is 80.0 cm³/mol. The summed E-state index contributed by atoms with van der Waals surface area (Å²) in [5, 5.41) is 0. The standard InChI is InChI=1S/C14H14N4S/c1-3-11-13(15-5-1)18-6-2-4-12(18)14(16-11)17-7-9-19-10-8-17/h1-6H,7-10H2. The zero-order valence-corrected chi connectivity index (χ0v) is 11.3. The van der Waals surface area contributed by atoms with Crippen LogP contribution in [0.3, 0.4) is 0 Å². The predicted octanol–water partition coefficient (Wildman–Crippen LogP) is 2.44. The summed E-state index contributed by atoms with van der Waals surface area (Å²) < 4.78 is 2.14. The number of anilines is 1. The lowest BCUT2D eigenvalue weighted by molar-refractivity contribution is 0.843. The van der Waals surface area contributed by atoms with Gasteiger partial charge < -0.3 is 4.90 Å². The van der Waals surface area contributed by atoms with E-state index in [1.807, 2.05) is 30.1 Å². The van der Waals surface area contributed by atoms with E-state index in [2.05, 4.69) is 32.6 Å². The molecule has 3 aromatic rings. The molecule has 1 aliphatic heterocycles. The summed E-state index contributed by atoms with van der Waals surface area (Å²) in [6, 6.07) is 8.16. The second-order valence-corrected chi connectivity index (χ2v) is 5.87. The van der Waals surface area contributed by atoms with Crippen molar-refractivity contribution < 1.29 is 0 Å². The van der Waals surface area contributed by atoms with Crippen LogP contribution in [0.4, 0.5) is 5.82 Å². The SMILES string of the molecule is c1cnc2c(c1)nc(N1CCSCC1)c1cccn12. The van der Waals surface area contributed by atoms with Gasteiger partial charge in [-0.2, -0.15) is 11.8 Å². The third-order valence-corrected chi connectivity index (χ3v) is 4.45. The summed E-state index contributed by atoms with van der Waals surface area (Å²) >= 11 is 2.02. The van der Waals surface area contributed by atoms with E-state index in [0.717, 1.165) is 35.6 Å². The van der Waals surface area contributed by atoms with Crippen molar-refractivity contribution >= 4 is 34.3 Å². The minimum absolute atomic E-state index is 0.928. The van der Waals surface area contributed by atoms with E-state index in [0.29, 0.717) is 0 Å². The van der Waals surface area contributed by atoms with Crippen LogP contribution >= 0.6 is 11.8 Å². The molecule has 0 unspecified atom stereocenters. The molecule has 0 radical (unpaired) electrons. The molecule has 4 nitrogen and oxygen atoms in total. The van der Waals surface area contributed by atoms with E-state index in [9.17, 15) is 0 Å². The lowest BCUT2D eigenvalue weighted by atomic mass is 10.3. The third-order valence-electron chi connectivity index (χ3n) is 3.51. The Morgan fingerprint density at radius 3 is 2.89 bits per heavy atom. The van der Waals surface area contributed by atoms with E-state index >= 15 is 0 Å². The van der Waals surface area contributed by atoms with E-state index in [-0.39, 0.29) is 0 Å². The van der Waals surface area contributed by atoms with Crippen LogP contribution in [-0.2, 0) is 0 Å². The number of thioether (sulfide) groups is 1. The van der Waals surface area contributed by atoms with Gasteiger partial charge in [0.05, 0.1) is 5.52 Å². The third kappa shape index (κ3) is 1.76. The number of fused-ring (bicyclic) bond motifs is 3. The summed E-state index contributed by atoms with van der Waals surface area (Å²) in [4.78, 5) is 11.7. The molecule has 96 valence electrons. The van der Waals surface area contributed by atoms with Crippen LogP contribution in [0.2, 0.25) is 0 Å². The highest BCUT2D eigenvalue weighted by atomic mass is 32.2. The van der Waals surface area contributed by atoms with Gasteiger partial charge in [0, 0.05) is 37.0 Å². The van der Waals surface area contributed by atoms with Gasteiger partial charge in [0.1, 0.15) is 5.52 Å². The molecule has 19 heavy (non-hydrogen) atoms. The molecule has 0 saturated carbocycles. The Morgan fingerprint density at radius 1 is 1.11 bits per heavy atom. The maximum atomic E-state index is 4.83. The van der Waals surface area contributed by atoms with E-state index < -0.39 is 0 Å². The van der Waals surface area contributed by atoms with Gasteiger partial charge in [-0.1, -0.05) is 0 Å². The molecule has 0 spiro atoms. The second kappa shape index (κ2) is 4.42. The van der Waals surface area contributed by atoms with Crippen LogP contribution in [0, 0.1) is 0 Å². The monoisotopic (exact) mass is 270 g/mol. The van der Waals surface area contributed by atoms with Crippen LogP contribution in [-0.4, -0.2) is 39.0 Å². The van der Waals surface area contributed by atoms with Crippen LogP contribution < -0.4 is 4.90 Å². The number of nitrogens with zero attached hydrogens (tertiary/aromatic N) is 4. The number of rotatable bonds is 1. The van der Waals surface area contributed by atoms with Gasteiger partial charge in [-0.05, 0) is 24.3 Å². The van der Waals surface area contributed by atoms with E-state index in [1.54, 1.807) is 0 Å². The van der Waals surface area contributed by atoms with Gasteiger partial charge in [0.25, 0.3) is 0 Å². The van der Waals surface area contributed by atoms with Gasteiger partial charge in [0.15, 0.2) is 11.5 Å². The summed E-state index contributed by atoms with van der Waals surface area (Å²) in [6.45, 7) is 2.15. The lowest BCUT2D eigenvalue weighted by Gasteiger charge is -2.28. The van der Waals surface area contributed by atoms with Crippen molar-refractivity contribution in [2.45, 2.75) is 0 Å². The van der Waals surface area contributed by atoms with Crippen molar-refractivity contribution in [2.75, 3.05) is 29.5 Å². The molecule has 0 N–H and O–H groups in total. The largest absolute Gasteiger partial charge is 0.353 e.